The molecule has 2 saturated heterocycles. The predicted molar refractivity (Wildman–Crippen MR) is 84.4 cm³/mol. The SMILES string of the molecule is CCNC(=O)N1CC(N2CCC(c3ccccc3)CC2)C1. The van der Waals surface area contributed by atoms with Gasteiger partial charge in [0.15, 0.2) is 0 Å². The summed E-state index contributed by atoms with van der Waals surface area (Å²) in [6.07, 6.45) is 2.48. The van der Waals surface area contributed by atoms with Gasteiger partial charge in [0.05, 0.1) is 0 Å². The highest BCUT2D eigenvalue weighted by Crippen LogP contribution is 2.30. The quantitative estimate of drug-likeness (QED) is 0.926. The molecule has 2 heterocycles. The van der Waals surface area contributed by atoms with Gasteiger partial charge in [0.2, 0.25) is 0 Å². The van der Waals surface area contributed by atoms with Crippen LogP contribution in [0.5, 0.6) is 0 Å². The fraction of sp³-hybridized carbons (Fsp3) is 0.588. The van der Waals surface area contributed by atoms with Crippen LogP contribution in [0.25, 0.3) is 0 Å². The number of carbonyl (C=O) groups excluding carboxylic acids is 1. The van der Waals surface area contributed by atoms with Gasteiger partial charge in [-0.25, -0.2) is 4.79 Å². The highest BCUT2D eigenvalue weighted by atomic mass is 16.2. The van der Waals surface area contributed by atoms with E-state index in [1.807, 2.05) is 11.8 Å². The first-order chi connectivity index (χ1) is 10.3. The summed E-state index contributed by atoms with van der Waals surface area (Å²) in [6.45, 7) is 6.77. The van der Waals surface area contributed by atoms with E-state index in [4.69, 9.17) is 0 Å². The normalized spacial score (nSPS) is 21.1. The Bertz CT molecular complexity index is 462. The summed E-state index contributed by atoms with van der Waals surface area (Å²) >= 11 is 0. The molecule has 0 aromatic heterocycles. The van der Waals surface area contributed by atoms with Crippen molar-refractivity contribution in [2.45, 2.75) is 31.7 Å². The molecule has 0 saturated carbocycles. The number of rotatable bonds is 3. The molecule has 21 heavy (non-hydrogen) atoms. The van der Waals surface area contributed by atoms with Crippen LogP contribution in [0, 0.1) is 0 Å². The summed E-state index contributed by atoms with van der Waals surface area (Å²) < 4.78 is 0. The molecule has 4 nitrogen and oxygen atoms in total. The zero-order chi connectivity index (χ0) is 14.7. The fourth-order valence-corrected chi connectivity index (χ4v) is 3.44. The number of benzene rings is 1. The van der Waals surface area contributed by atoms with Gasteiger partial charge in [-0.05, 0) is 44.3 Å². The van der Waals surface area contributed by atoms with E-state index in [2.05, 4.69) is 40.5 Å². The van der Waals surface area contributed by atoms with Crippen LogP contribution in [0.4, 0.5) is 4.79 Å². The molecular formula is C17H25N3O. The number of nitrogens with zero attached hydrogens (tertiary/aromatic N) is 2. The van der Waals surface area contributed by atoms with Crippen molar-refractivity contribution in [3.8, 4) is 0 Å². The van der Waals surface area contributed by atoms with Crippen molar-refractivity contribution >= 4 is 6.03 Å². The Balaban J connectivity index is 1.44. The third kappa shape index (κ3) is 3.21. The molecule has 2 aliphatic heterocycles. The summed E-state index contributed by atoms with van der Waals surface area (Å²) in [5.74, 6) is 0.710. The van der Waals surface area contributed by atoms with Crippen molar-refractivity contribution < 1.29 is 4.79 Å². The zero-order valence-electron chi connectivity index (χ0n) is 12.8. The fourth-order valence-electron chi connectivity index (χ4n) is 3.44. The van der Waals surface area contributed by atoms with Crippen LogP contribution in [0.2, 0.25) is 0 Å². The second-order valence-corrected chi connectivity index (χ2v) is 6.12. The molecule has 0 unspecified atom stereocenters. The molecule has 2 amide bonds. The Morgan fingerprint density at radius 1 is 1.19 bits per heavy atom. The van der Waals surface area contributed by atoms with Gasteiger partial charge in [-0.15, -0.1) is 0 Å². The van der Waals surface area contributed by atoms with Gasteiger partial charge >= 0.3 is 6.03 Å². The number of piperidine rings is 1. The van der Waals surface area contributed by atoms with Gasteiger partial charge in [0, 0.05) is 25.7 Å². The number of nitrogens with one attached hydrogen (secondary N) is 1. The maximum Gasteiger partial charge on any atom is 0.317 e. The number of amides is 2. The van der Waals surface area contributed by atoms with Crippen LogP contribution < -0.4 is 5.32 Å². The van der Waals surface area contributed by atoms with E-state index in [0.29, 0.717) is 18.5 Å². The zero-order valence-corrected chi connectivity index (χ0v) is 12.8. The summed E-state index contributed by atoms with van der Waals surface area (Å²) in [6, 6.07) is 11.5. The highest BCUT2D eigenvalue weighted by molar-refractivity contribution is 5.75. The van der Waals surface area contributed by atoms with Crippen molar-refractivity contribution in [1.29, 1.82) is 0 Å². The molecule has 1 N–H and O–H groups in total. The van der Waals surface area contributed by atoms with E-state index in [0.717, 1.165) is 26.2 Å². The first kappa shape index (κ1) is 14.4. The van der Waals surface area contributed by atoms with Crippen LogP contribution in [0.1, 0.15) is 31.2 Å². The Hall–Kier alpha value is -1.55. The minimum absolute atomic E-state index is 0.0907. The Morgan fingerprint density at radius 3 is 2.48 bits per heavy atom. The lowest BCUT2D eigenvalue weighted by Gasteiger charge is -2.47. The monoisotopic (exact) mass is 287 g/mol. The molecule has 3 rings (SSSR count). The first-order valence-electron chi connectivity index (χ1n) is 8.09. The van der Waals surface area contributed by atoms with E-state index in [1.165, 1.54) is 18.4 Å². The summed E-state index contributed by atoms with van der Waals surface area (Å²) in [5, 5.41) is 2.87. The first-order valence-corrected chi connectivity index (χ1v) is 8.09. The maximum atomic E-state index is 11.7. The molecule has 114 valence electrons. The number of hydrogen-bond acceptors (Lipinski definition) is 2. The molecule has 0 aliphatic carbocycles. The van der Waals surface area contributed by atoms with Gasteiger partial charge in [-0.1, -0.05) is 30.3 Å². The lowest BCUT2D eigenvalue weighted by Crippen LogP contribution is -2.63. The van der Waals surface area contributed by atoms with E-state index in [1.54, 1.807) is 0 Å². The van der Waals surface area contributed by atoms with Crippen LogP contribution in [0.15, 0.2) is 30.3 Å². The molecule has 2 fully saturated rings. The molecule has 1 aromatic rings. The average molecular weight is 287 g/mol. The summed E-state index contributed by atoms with van der Waals surface area (Å²) in [4.78, 5) is 16.2. The molecule has 0 radical (unpaired) electrons. The predicted octanol–water partition coefficient (Wildman–Crippen LogP) is 2.28. The van der Waals surface area contributed by atoms with Gasteiger partial charge in [0.25, 0.3) is 0 Å². The van der Waals surface area contributed by atoms with E-state index in [9.17, 15) is 4.79 Å². The molecule has 1 aromatic carbocycles. The Kier molecular flexibility index (Phi) is 4.44. The third-order valence-corrected chi connectivity index (χ3v) is 4.79. The molecule has 0 atom stereocenters. The van der Waals surface area contributed by atoms with Crippen molar-refractivity contribution in [1.82, 2.24) is 15.1 Å². The molecule has 4 heteroatoms. The van der Waals surface area contributed by atoms with Gasteiger partial charge in [-0.3, -0.25) is 4.90 Å². The van der Waals surface area contributed by atoms with E-state index >= 15 is 0 Å². The van der Waals surface area contributed by atoms with Crippen molar-refractivity contribution in [2.75, 3.05) is 32.7 Å². The molecule has 0 bridgehead atoms. The highest BCUT2D eigenvalue weighted by Gasteiger charge is 2.36. The number of likely N-dealkylation sites (tertiary alicyclic amines) is 2. The lowest BCUT2D eigenvalue weighted by atomic mass is 9.88. The molecular weight excluding hydrogens is 262 g/mol. The largest absolute Gasteiger partial charge is 0.338 e. The van der Waals surface area contributed by atoms with Crippen molar-refractivity contribution in [2.24, 2.45) is 0 Å². The summed E-state index contributed by atoms with van der Waals surface area (Å²) in [5.41, 5.74) is 1.48. The van der Waals surface area contributed by atoms with E-state index < -0.39 is 0 Å². The van der Waals surface area contributed by atoms with Crippen LogP contribution in [-0.2, 0) is 0 Å². The minimum Gasteiger partial charge on any atom is -0.338 e. The summed E-state index contributed by atoms with van der Waals surface area (Å²) in [7, 11) is 0. The maximum absolute atomic E-state index is 11.7. The lowest BCUT2D eigenvalue weighted by molar-refractivity contribution is 0.0415. The second kappa shape index (κ2) is 6.48. The van der Waals surface area contributed by atoms with Gasteiger partial charge in [0.1, 0.15) is 0 Å². The number of hydrogen-bond donors (Lipinski definition) is 1. The smallest absolute Gasteiger partial charge is 0.317 e. The Labute approximate surface area is 127 Å². The van der Waals surface area contributed by atoms with E-state index in [-0.39, 0.29) is 6.03 Å². The van der Waals surface area contributed by atoms with Gasteiger partial charge in [-0.2, -0.15) is 0 Å². The topological polar surface area (TPSA) is 35.6 Å². The average Bonchev–Trinajstić information content (AvgIpc) is 2.48. The van der Waals surface area contributed by atoms with Crippen molar-refractivity contribution in [3.05, 3.63) is 35.9 Å². The third-order valence-electron chi connectivity index (χ3n) is 4.79. The van der Waals surface area contributed by atoms with Gasteiger partial charge < -0.3 is 10.2 Å². The number of carbonyl (C=O) groups is 1. The van der Waals surface area contributed by atoms with Crippen LogP contribution in [0.3, 0.4) is 0 Å². The minimum atomic E-state index is 0.0907. The van der Waals surface area contributed by atoms with Crippen LogP contribution in [-0.4, -0.2) is 54.6 Å². The van der Waals surface area contributed by atoms with Crippen molar-refractivity contribution in [3.63, 3.8) is 0 Å². The molecule has 2 aliphatic rings. The second-order valence-electron chi connectivity index (χ2n) is 6.12. The molecule has 0 spiro atoms. The Morgan fingerprint density at radius 2 is 1.86 bits per heavy atom. The standard InChI is InChI=1S/C17H25N3O/c1-2-18-17(21)20-12-16(13-20)19-10-8-15(9-11-19)14-6-4-3-5-7-14/h3-7,15-16H,2,8-13H2,1H3,(H,18,21). The van der Waals surface area contributed by atoms with Crippen LogP contribution >= 0.6 is 0 Å². The number of urea groups is 1.